The largest absolute Gasteiger partial charge is 0.376 e. The van der Waals surface area contributed by atoms with Crippen molar-refractivity contribution >= 4 is 5.91 Å². The van der Waals surface area contributed by atoms with Crippen LogP contribution >= 0.6 is 0 Å². The highest BCUT2D eigenvalue weighted by atomic mass is 19.1. The van der Waals surface area contributed by atoms with Crippen LogP contribution in [0.2, 0.25) is 0 Å². The van der Waals surface area contributed by atoms with Crippen LogP contribution in [0.3, 0.4) is 0 Å². The van der Waals surface area contributed by atoms with E-state index in [2.05, 4.69) is 22.0 Å². The Hall–Kier alpha value is -1.50. The predicted octanol–water partition coefficient (Wildman–Crippen LogP) is 1.33. The molecule has 5 nitrogen and oxygen atoms in total. The molecule has 0 saturated carbocycles. The second kappa shape index (κ2) is 7.59. The molecule has 0 aliphatic carbocycles. The first kappa shape index (κ1) is 17.3. The topological polar surface area (TPSA) is 44.8 Å². The van der Waals surface area contributed by atoms with Gasteiger partial charge in [-0.2, -0.15) is 0 Å². The second-order valence-electron chi connectivity index (χ2n) is 6.71. The molecular weight excluding hydrogens is 309 g/mol. The summed E-state index contributed by atoms with van der Waals surface area (Å²) in [5.41, 5.74) is 1.71. The lowest BCUT2D eigenvalue weighted by Crippen LogP contribution is -2.53. The fraction of sp³-hybridized carbons (Fsp3) is 0.611. The fourth-order valence-corrected chi connectivity index (χ4v) is 3.60. The molecule has 2 aliphatic rings. The summed E-state index contributed by atoms with van der Waals surface area (Å²) in [6, 6.07) is 4.34. The van der Waals surface area contributed by atoms with E-state index in [0.29, 0.717) is 6.54 Å². The Bertz CT molecular complexity index is 596. The zero-order chi connectivity index (χ0) is 17.1. The van der Waals surface area contributed by atoms with E-state index in [9.17, 15) is 9.18 Å². The van der Waals surface area contributed by atoms with Crippen molar-refractivity contribution < 1.29 is 13.9 Å². The number of morpholine rings is 1. The molecule has 1 aromatic carbocycles. The number of benzene rings is 1. The van der Waals surface area contributed by atoms with E-state index < -0.39 is 0 Å². The normalized spacial score (nSPS) is 26.4. The number of amides is 1. The van der Waals surface area contributed by atoms with Gasteiger partial charge < -0.3 is 10.1 Å². The summed E-state index contributed by atoms with van der Waals surface area (Å²) in [6.45, 7) is 9.79. The Morgan fingerprint density at radius 2 is 2.17 bits per heavy atom. The molecule has 0 bridgehead atoms. The lowest BCUT2D eigenvalue weighted by Gasteiger charge is -2.38. The molecule has 3 rings (SSSR count). The summed E-state index contributed by atoms with van der Waals surface area (Å²) in [4.78, 5) is 17.1. The number of nitrogens with zero attached hydrogens (tertiary/aromatic N) is 2. The standard InChI is InChI=1S/C18H26FN3O2/c1-13-11-15(19)3-4-16(13)17-18(23)20-5-6-22(17)8-7-21-9-10-24-14(2)12-21/h3-4,11,14,17H,5-10,12H2,1-2H3,(H,20,23). The first-order valence-corrected chi connectivity index (χ1v) is 8.66. The van der Waals surface area contributed by atoms with Gasteiger partial charge in [-0.1, -0.05) is 6.07 Å². The zero-order valence-corrected chi connectivity index (χ0v) is 14.4. The summed E-state index contributed by atoms with van der Waals surface area (Å²) in [7, 11) is 0. The highest BCUT2D eigenvalue weighted by Crippen LogP contribution is 2.26. The average Bonchev–Trinajstić information content (AvgIpc) is 2.54. The molecule has 2 aliphatic heterocycles. The number of hydrogen-bond donors (Lipinski definition) is 1. The van der Waals surface area contributed by atoms with Crippen LogP contribution in [0.25, 0.3) is 0 Å². The Morgan fingerprint density at radius 3 is 2.92 bits per heavy atom. The minimum absolute atomic E-state index is 0.00584. The number of ether oxygens (including phenoxy) is 1. The van der Waals surface area contributed by atoms with Gasteiger partial charge >= 0.3 is 0 Å². The highest BCUT2D eigenvalue weighted by Gasteiger charge is 2.32. The number of hydrogen-bond acceptors (Lipinski definition) is 4. The third kappa shape index (κ3) is 3.94. The molecule has 24 heavy (non-hydrogen) atoms. The van der Waals surface area contributed by atoms with Crippen molar-refractivity contribution in [1.29, 1.82) is 0 Å². The first-order chi connectivity index (χ1) is 11.5. The van der Waals surface area contributed by atoms with Crippen molar-refractivity contribution in [3.63, 3.8) is 0 Å². The molecule has 1 amide bonds. The van der Waals surface area contributed by atoms with Gasteiger partial charge in [-0.15, -0.1) is 0 Å². The van der Waals surface area contributed by atoms with Crippen LogP contribution in [0, 0.1) is 12.7 Å². The fourth-order valence-electron chi connectivity index (χ4n) is 3.60. The Balaban J connectivity index is 1.71. The molecule has 0 radical (unpaired) electrons. The predicted molar refractivity (Wildman–Crippen MR) is 90.3 cm³/mol. The average molecular weight is 335 g/mol. The van der Waals surface area contributed by atoms with E-state index in [4.69, 9.17) is 4.74 Å². The van der Waals surface area contributed by atoms with Gasteiger partial charge in [0.2, 0.25) is 5.91 Å². The van der Waals surface area contributed by atoms with E-state index in [0.717, 1.165) is 50.5 Å². The maximum absolute atomic E-state index is 13.4. The Morgan fingerprint density at radius 1 is 1.33 bits per heavy atom. The third-order valence-electron chi connectivity index (χ3n) is 4.87. The van der Waals surface area contributed by atoms with Crippen molar-refractivity contribution in [2.75, 3.05) is 45.9 Å². The van der Waals surface area contributed by atoms with Gasteiger partial charge in [0, 0.05) is 39.3 Å². The molecule has 2 saturated heterocycles. The van der Waals surface area contributed by atoms with E-state index in [1.807, 2.05) is 6.92 Å². The van der Waals surface area contributed by atoms with Gasteiger partial charge in [-0.05, 0) is 37.1 Å². The third-order valence-corrected chi connectivity index (χ3v) is 4.87. The summed E-state index contributed by atoms with van der Waals surface area (Å²) >= 11 is 0. The van der Waals surface area contributed by atoms with Crippen LogP contribution in [-0.4, -0.2) is 67.7 Å². The molecule has 0 spiro atoms. The molecule has 1 aromatic rings. The van der Waals surface area contributed by atoms with Gasteiger partial charge in [0.1, 0.15) is 11.9 Å². The first-order valence-electron chi connectivity index (χ1n) is 8.66. The van der Waals surface area contributed by atoms with Gasteiger partial charge in [0.15, 0.2) is 0 Å². The Labute approximate surface area is 142 Å². The number of carbonyl (C=O) groups excluding carboxylic acids is 1. The minimum Gasteiger partial charge on any atom is -0.376 e. The van der Waals surface area contributed by atoms with Crippen molar-refractivity contribution in [1.82, 2.24) is 15.1 Å². The molecule has 0 aromatic heterocycles. The summed E-state index contributed by atoms with van der Waals surface area (Å²) in [5, 5.41) is 2.94. The highest BCUT2D eigenvalue weighted by molar-refractivity contribution is 5.84. The monoisotopic (exact) mass is 335 g/mol. The lowest BCUT2D eigenvalue weighted by atomic mass is 9.97. The van der Waals surface area contributed by atoms with Crippen LogP contribution in [0.15, 0.2) is 18.2 Å². The van der Waals surface area contributed by atoms with Crippen LogP contribution < -0.4 is 5.32 Å². The maximum atomic E-state index is 13.4. The van der Waals surface area contributed by atoms with Crippen LogP contribution in [0.4, 0.5) is 4.39 Å². The van der Waals surface area contributed by atoms with Crippen LogP contribution in [0.5, 0.6) is 0 Å². The zero-order valence-electron chi connectivity index (χ0n) is 14.4. The summed E-state index contributed by atoms with van der Waals surface area (Å²) < 4.78 is 19.0. The van der Waals surface area contributed by atoms with Crippen LogP contribution in [-0.2, 0) is 9.53 Å². The summed E-state index contributed by atoms with van der Waals surface area (Å²) in [6.07, 6.45) is 0.263. The smallest absolute Gasteiger partial charge is 0.242 e. The molecule has 2 unspecified atom stereocenters. The lowest BCUT2D eigenvalue weighted by molar-refractivity contribution is -0.129. The molecule has 6 heteroatoms. The quantitative estimate of drug-likeness (QED) is 0.902. The number of piperazine rings is 1. The molecule has 1 N–H and O–H groups in total. The minimum atomic E-state index is -0.335. The molecule has 2 fully saturated rings. The molecule has 132 valence electrons. The van der Waals surface area contributed by atoms with Gasteiger partial charge in [0.05, 0.1) is 12.7 Å². The van der Waals surface area contributed by atoms with Crippen molar-refractivity contribution in [2.24, 2.45) is 0 Å². The number of carbonyl (C=O) groups is 1. The number of nitrogens with one attached hydrogen (secondary N) is 1. The number of halogens is 1. The molecular formula is C18H26FN3O2. The van der Waals surface area contributed by atoms with E-state index in [1.54, 1.807) is 6.07 Å². The summed E-state index contributed by atoms with van der Waals surface area (Å²) in [5.74, 6) is -0.257. The van der Waals surface area contributed by atoms with Gasteiger partial charge in [-0.3, -0.25) is 14.6 Å². The SMILES string of the molecule is Cc1cc(F)ccc1C1C(=O)NCCN1CCN1CCOC(C)C1. The van der Waals surface area contributed by atoms with E-state index in [-0.39, 0.29) is 23.9 Å². The number of rotatable bonds is 4. The second-order valence-corrected chi connectivity index (χ2v) is 6.71. The maximum Gasteiger partial charge on any atom is 0.242 e. The van der Waals surface area contributed by atoms with E-state index in [1.165, 1.54) is 12.1 Å². The van der Waals surface area contributed by atoms with Gasteiger partial charge in [0.25, 0.3) is 0 Å². The van der Waals surface area contributed by atoms with Crippen molar-refractivity contribution in [2.45, 2.75) is 26.0 Å². The molecule has 2 heterocycles. The molecule has 2 atom stereocenters. The van der Waals surface area contributed by atoms with Crippen molar-refractivity contribution in [3.8, 4) is 0 Å². The van der Waals surface area contributed by atoms with Gasteiger partial charge in [-0.25, -0.2) is 4.39 Å². The number of aryl methyl sites for hydroxylation is 1. The van der Waals surface area contributed by atoms with E-state index >= 15 is 0 Å². The van der Waals surface area contributed by atoms with Crippen LogP contribution in [0.1, 0.15) is 24.1 Å². The Kier molecular flexibility index (Phi) is 5.48. The van der Waals surface area contributed by atoms with Crippen molar-refractivity contribution in [3.05, 3.63) is 35.1 Å².